The van der Waals surface area contributed by atoms with Gasteiger partial charge in [-0.3, -0.25) is 4.79 Å². The summed E-state index contributed by atoms with van der Waals surface area (Å²) in [6.07, 6.45) is 2.14. The van der Waals surface area contributed by atoms with Gasteiger partial charge >= 0.3 is 6.03 Å². The van der Waals surface area contributed by atoms with E-state index in [0.717, 1.165) is 5.56 Å². The number of anilines is 1. The zero-order valence-electron chi connectivity index (χ0n) is 21.3. The normalized spacial score (nSPS) is 10.8. The van der Waals surface area contributed by atoms with Crippen LogP contribution in [0.4, 0.5) is 10.5 Å². The standard InChI is InChI=1S/C27H31Cl2N3O5/c1-18(2)32(27(34)30-23-9-8-20(28)15-22(23)29)17-26(33)31(16-21-6-5-13-37-21)12-11-19-7-10-24(35-3)25(14-19)36-4/h5-10,13-15,18H,11-12,16-17H2,1-4H3,(H,30,34). The number of amides is 3. The van der Waals surface area contributed by atoms with Crippen LogP contribution in [0.2, 0.25) is 10.0 Å². The highest BCUT2D eigenvalue weighted by molar-refractivity contribution is 6.36. The maximum absolute atomic E-state index is 13.5. The average molecular weight is 548 g/mol. The summed E-state index contributed by atoms with van der Waals surface area (Å²) in [6.45, 7) is 4.25. The minimum absolute atomic E-state index is 0.124. The molecule has 3 amide bonds. The number of methoxy groups -OCH3 is 2. The number of carbonyl (C=O) groups excluding carboxylic acids is 2. The number of nitrogens with one attached hydrogen (secondary N) is 1. The van der Waals surface area contributed by atoms with Gasteiger partial charge in [0, 0.05) is 17.6 Å². The largest absolute Gasteiger partial charge is 0.493 e. The molecule has 3 aromatic rings. The molecule has 0 bridgehead atoms. The van der Waals surface area contributed by atoms with E-state index in [-0.39, 0.29) is 25.0 Å². The van der Waals surface area contributed by atoms with Crippen LogP contribution in [-0.2, 0) is 17.8 Å². The van der Waals surface area contributed by atoms with Crippen molar-refractivity contribution < 1.29 is 23.5 Å². The number of carbonyl (C=O) groups is 2. The maximum Gasteiger partial charge on any atom is 0.322 e. The number of halogens is 2. The number of urea groups is 1. The fraction of sp³-hybridized carbons (Fsp3) is 0.333. The van der Waals surface area contributed by atoms with E-state index in [1.165, 1.54) is 4.90 Å². The van der Waals surface area contributed by atoms with Crippen LogP contribution in [0.5, 0.6) is 11.5 Å². The molecule has 1 aromatic heterocycles. The Labute approximate surface area is 227 Å². The minimum atomic E-state index is -0.439. The second kappa shape index (κ2) is 13.3. The van der Waals surface area contributed by atoms with Crippen molar-refractivity contribution in [1.82, 2.24) is 9.80 Å². The third-order valence-corrected chi connectivity index (χ3v) is 6.31. The van der Waals surface area contributed by atoms with Crippen molar-refractivity contribution in [3.8, 4) is 11.5 Å². The van der Waals surface area contributed by atoms with Crippen molar-refractivity contribution >= 4 is 40.8 Å². The summed E-state index contributed by atoms with van der Waals surface area (Å²) < 4.78 is 16.2. The molecule has 3 rings (SSSR count). The number of benzene rings is 2. The Bertz CT molecular complexity index is 1200. The smallest absolute Gasteiger partial charge is 0.322 e. The molecule has 0 aliphatic rings. The molecular formula is C27H31Cl2N3O5. The van der Waals surface area contributed by atoms with Gasteiger partial charge in [-0.2, -0.15) is 0 Å². The molecule has 2 aromatic carbocycles. The highest BCUT2D eigenvalue weighted by Gasteiger charge is 2.25. The van der Waals surface area contributed by atoms with Crippen LogP contribution in [0.1, 0.15) is 25.2 Å². The predicted octanol–water partition coefficient (Wildman–Crippen LogP) is 6.12. The highest BCUT2D eigenvalue weighted by atomic mass is 35.5. The van der Waals surface area contributed by atoms with Crippen molar-refractivity contribution in [2.45, 2.75) is 32.9 Å². The third kappa shape index (κ3) is 7.81. The summed E-state index contributed by atoms with van der Waals surface area (Å²) >= 11 is 12.2. The second-order valence-corrected chi connectivity index (χ2v) is 9.45. The highest BCUT2D eigenvalue weighted by Crippen LogP contribution is 2.28. The maximum atomic E-state index is 13.5. The van der Waals surface area contributed by atoms with Gasteiger partial charge in [-0.1, -0.05) is 29.3 Å². The quantitative estimate of drug-likeness (QED) is 0.312. The van der Waals surface area contributed by atoms with Gasteiger partial charge in [0.2, 0.25) is 5.91 Å². The van der Waals surface area contributed by atoms with E-state index in [0.29, 0.717) is 46.0 Å². The van der Waals surface area contributed by atoms with E-state index in [2.05, 4.69) is 5.32 Å². The lowest BCUT2D eigenvalue weighted by atomic mass is 10.1. The summed E-state index contributed by atoms with van der Waals surface area (Å²) in [5.74, 6) is 1.68. The van der Waals surface area contributed by atoms with Crippen molar-refractivity contribution in [3.63, 3.8) is 0 Å². The molecule has 10 heteroatoms. The molecule has 0 saturated heterocycles. The van der Waals surface area contributed by atoms with Crippen molar-refractivity contribution in [2.75, 3.05) is 32.6 Å². The van der Waals surface area contributed by atoms with Crippen LogP contribution in [-0.4, -0.2) is 55.1 Å². The van der Waals surface area contributed by atoms with E-state index in [1.54, 1.807) is 49.6 Å². The Hall–Kier alpha value is -3.36. The Morgan fingerprint density at radius 3 is 2.41 bits per heavy atom. The van der Waals surface area contributed by atoms with Crippen LogP contribution in [0.15, 0.2) is 59.2 Å². The lowest BCUT2D eigenvalue weighted by Crippen LogP contribution is -2.47. The summed E-state index contributed by atoms with van der Waals surface area (Å²) in [6, 6.07) is 13.3. The van der Waals surface area contributed by atoms with E-state index in [1.807, 2.05) is 38.1 Å². The molecule has 8 nitrogen and oxygen atoms in total. The molecule has 0 saturated carbocycles. The summed E-state index contributed by atoms with van der Waals surface area (Å²) in [5, 5.41) is 3.54. The zero-order valence-corrected chi connectivity index (χ0v) is 22.8. The first-order valence-electron chi connectivity index (χ1n) is 11.8. The van der Waals surface area contributed by atoms with E-state index in [4.69, 9.17) is 37.1 Å². The molecule has 0 radical (unpaired) electrons. The lowest BCUT2D eigenvalue weighted by Gasteiger charge is -2.30. The molecule has 1 N–H and O–H groups in total. The van der Waals surface area contributed by atoms with Gasteiger partial charge in [0.25, 0.3) is 0 Å². The number of ether oxygens (including phenoxy) is 2. The molecule has 0 unspecified atom stereocenters. The van der Waals surface area contributed by atoms with Gasteiger partial charge in [-0.15, -0.1) is 0 Å². The molecule has 0 atom stereocenters. The van der Waals surface area contributed by atoms with Gasteiger partial charge < -0.3 is 29.0 Å². The summed E-state index contributed by atoms with van der Waals surface area (Å²) in [5.41, 5.74) is 1.39. The molecule has 1 heterocycles. The van der Waals surface area contributed by atoms with Crippen LogP contribution < -0.4 is 14.8 Å². The minimum Gasteiger partial charge on any atom is -0.493 e. The molecular weight excluding hydrogens is 517 g/mol. The third-order valence-electron chi connectivity index (χ3n) is 5.76. The Morgan fingerprint density at radius 2 is 1.78 bits per heavy atom. The lowest BCUT2D eigenvalue weighted by molar-refractivity contribution is -0.133. The van der Waals surface area contributed by atoms with Crippen LogP contribution >= 0.6 is 23.2 Å². The predicted molar refractivity (Wildman–Crippen MR) is 145 cm³/mol. The number of rotatable bonds is 11. The van der Waals surface area contributed by atoms with Gasteiger partial charge in [-0.25, -0.2) is 4.79 Å². The Morgan fingerprint density at radius 1 is 1.03 bits per heavy atom. The topological polar surface area (TPSA) is 84.2 Å². The first kappa shape index (κ1) is 28.2. The van der Waals surface area contributed by atoms with Crippen molar-refractivity contribution in [2.24, 2.45) is 0 Å². The van der Waals surface area contributed by atoms with Crippen molar-refractivity contribution in [1.29, 1.82) is 0 Å². The average Bonchev–Trinajstić information content (AvgIpc) is 3.39. The van der Waals surface area contributed by atoms with E-state index >= 15 is 0 Å². The Balaban J connectivity index is 1.74. The monoisotopic (exact) mass is 547 g/mol. The number of furan rings is 1. The molecule has 198 valence electrons. The van der Waals surface area contributed by atoms with Gasteiger partial charge in [0.05, 0.1) is 37.7 Å². The van der Waals surface area contributed by atoms with Crippen LogP contribution in [0.25, 0.3) is 0 Å². The van der Waals surface area contributed by atoms with Gasteiger partial charge in [0.1, 0.15) is 12.3 Å². The molecule has 0 aliphatic carbocycles. The SMILES string of the molecule is COc1ccc(CCN(Cc2ccco2)C(=O)CN(C(=O)Nc2ccc(Cl)cc2Cl)C(C)C)cc1OC. The molecule has 0 fully saturated rings. The number of hydrogen-bond donors (Lipinski definition) is 1. The summed E-state index contributed by atoms with van der Waals surface area (Å²) in [7, 11) is 3.16. The van der Waals surface area contributed by atoms with Crippen LogP contribution in [0, 0.1) is 0 Å². The van der Waals surface area contributed by atoms with E-state index in [9.17, 15) is 9.59 Å². The fourth-order valence-corrected chi connectivity index (χ4v) is 4.15. The van der Waals surface area contributed by atoms with Crippen molar-refractivity contribution in [3.05, 3.63) is 76.2 Å². The second-order valence-electron chi connectivity index (χ2n) is 8.61. The molecule has 0 spiro atoms. The first-order chi connectivity index (χ1) is 17.7. The van der Waals surface area contributed by atoms with E-state index < -0.39 is 6.03 Å². The Kier molecular flexibility index (Phi) is 10.1. The first-order valence-corrected chi connectivity index (χ1v) is 12.5. The van der Waals surface area contributed by atoms with Gasteiger partial charge in [0.15, 0.2) is 11.5 Å². The molecule has 37 heavy (non-hydrogen) atoms. The summed E-state index contributed by atoms with van der Waals surface area (Å²) in [4.78, 5) is 29.7. The number of nitrogens with zero attached hydrogens (tertiary/aromatic N) is 2. The number of hydrogen-bond acceptors (Lipinski definition) is 5. The van der Waals surface area contributed by atoms with Gasteiger partial charge in [-0.05, 0) is 68.3 Å². The zero-order chi connectivity index (χ0) is 26.9. The van der Waals surface area contributed by atoms with Crippen LogP contribution in [0.3, 0.4) is 0 Å². The molecule has 0 aliphatic heterocycles. The fourth-order valence-electron chi connectivity index (χ4n) is 3.70.